The van der Waals surface area contributed by atoms with Crippen molar-refractivity contribution in [3.8, 4) is 11.5 Å². The van der Waals surface area contributed by atoms with Gasteiger partial charge in [0.2, 0.25) is 0 Å². The smallest absolute Gasteiger partial charge is 0.295 e. The Kier molecular flexibility index (Phi) is 9.32. The highest BCUT2D eigenvalue weighted by atomic mass is 16.5. The van der Waals surface area contributed by atoms with Crippen LogP contribution >= 0.6 is 0 Å². The Hall–Kier alpha value is -3.32. The van der Waals surface area contributed by atoms with Crippen molar-refractivity contribution in [3.05, 3.63) is 65.2 Å². The Labute approximate surface area is 207 Å². The van der Waals surface area contributed by atoms with Crippen molar-refractivity contribution in [3.63, 3.8) is 0 Å². The number of ketones is 1. The normalized spacial score (nSPS) is 17.3. The highest BCUT2D eigenvalue weighted by Gasteiger charge is 2.45. The van der Waals surface area contributed by atoms with E-state index in [0.29, 0.717) is 29.2 Å². The lowest BCUT2D eigenvalue weighted by Gasteiger charge is -2.25. The SMILES string of the molecule is CCCCCOc1ccc(/C(O)=C2/C(=O)C(=O)N(CCOC)C2c2ccc(OC(C)C)cc2)cc1. The largest absolute Gasteiger partial charge is 0.507 e. The zero-order chi connectivity index (χ0) is 25.4. The predicted octanol–water partition coefficient (Wildman–Crippen LogP) is 5.11. The fraction of sp³-hybridized carbons (Fsp3) is 0.429. The molecule has 35 heavy (non-hydrogen) atoms. The second-order valence-electron chi connectivity index (χ2n) is 8.80. The molecule has 2 aromatic carbocycles. The minimum absolute atomic E-state index is 0.0202. The second kappa shape index (κ2) is 12.4. The summed E-state index contributed by atoms with van der Waals surface area (Å²) < 4.78 is 16.6. The number of benzene rings is 2. The Morgan fingerprint density at radius 1 is 0.971 bits per heavy atom. The number of aliphatic hydroxyl groups excluding tert-OH is 1. The van der Waals surface area contributed by atoms with Crippen molar-refractivity contribution in [2.75, 3.05) is 26.9 Å². The Balaban J connectivity index is 1.94. The number of aliphatic hydroxyl groups is 1. The number of unbranched alkanes of at least 4 members (excludes halogenated alkanes) is 2. The number of nitrogens with zero attached hydrogens (tertiary/aromatic N) is 1. The zero-order valence-electron chi connectivity index (χ0n) is 21.0. The summed E-state index contributed by atoms with van der Waals surface area (Å²) in [6, 6.07) is 13.4. The van der Waals surface area contributed by atoms with Crippen LogP contribution < -0.4 is 9.47 Å². The minimum Gasteiger partial charge on any atom is -0.507 e. The van der Waals surface area contributed by atoms with Crippen LogP contribution in [0, 0.1) is 0 Å². The molecule has 1 fully saturated rings. The van der Waals surface area contributed by atoms with E-state index in [1.54, 1.807) is 36.4 Å². The van der Waals surface area contributed by atoms with E-state index in [1.807, 2.05) is 26.0 Å². The van der Waals surface area contributed by atoms with Gasteiger partial charge in [0.05, 0.1) is 30.9 Å². The van der Waals surface area contributed by atoms with Crippen LogP contribution in [0.25, 0.3) is 5.76 Å². The maximum Gasteiger partial charge on any atom is 0.295 e. The first-order chi connectivity index (χ1) is 16.9. The number of hydrogen-bond acceptors (Lipinski definition) is 6. The van der Waals surface area contributed by atoms with Crippen LogP contribution in [0.2, 0.25) is 0 Å². The standard InChI is InChI=1S/C28H35NO6/c1-5-6-7-17-34-22-12-10-21(11-13-22)26(30)24-25(29(16-18-33-4)28(32)27(24)31)20-8-14-23(15-9-20)35-19(2)3/h8-15,19,25,30H,5-7,16-18H2,1-4H3/b26-24-. The molecule has 188 valence electrons. The van der Waals surface area contributed by atoms with E-state index in [9.17, 15) is 14.7 Å². The number of hydrogen-bond donors (Lipinski definition) is 1. The van der Waals surface area contributed by atoms with Gasteiger partial charge in [0.1, 0.15) is 17.3 Å². The molecule has 1 atom stereocenters. The van der Waals surface area contributed by atoms with E-state index in [2.05, 4.69) is 6.92 Å². The number of likely N-dealkylation sites (tertiary alicyclic amines) is 1. The number of carbonyl (C=O) groups excluding carboxylic acids is 2. The van der Waals surface area contributed by atoms with Gasteiger partial charge in [-0.3, -0.25) is 9.59 Å². The molecule has 0 radical (unpaired) electrons. The Morgan fingerprint density at radius 3 is 2.23 bits per heavy atom. The molecule has 1 aliphatic rings. The second-order valence-corrected chi connectivity index (χ2v) is 8.80. The summed E-state index contributed by atoms with van der Waals surface area (Å²) >= 11 is 0. The monoisotopic (exact) mass is 481 g/mol. The molecule has 3 rings (SSSR count). The first-order valence-corrected chi connectivity index (χ1v) is 12.1. The van der Waals surface area contributed by atoms with Gasteiger partial charge in [0.15, 0.2) is 0 Å². The van der Waals surface area contributed by atoms with Crippen LogP contribution in [-0.2, 0) is 14.3 Å². The lowest BCUT2D eigenvalue weighted by molar-refractivity contribution is -0.140. The van der Waals surface area contributed by atoms with Gasteiger partial charge in [-0.2, -0.15) is 0 Å². The molecule has 1 heterocycles. The molecule has 0 spiro atoms. The average molecular weight is 482 g/mol. The summed E-state index contributed by atoms with van der Waals surface area (Å²) in [6.45, 7) is 7.13. The lowest BCUT2D eigenvalue weighted by atomic mass is 9.95. The van der Waals surface area contributed by atoms with Crippen molar-refractivity contribution in [1.82, 2.24) is 4.90 Å². The van der Waals surface area contributed by atoms with Crippen molar-refractivity contribution < 1.29 is 28.9 Å². The minimum atomic E-state index is -0.733. The van der Waals surface area contributed by atoms with Gasteiger partial charge in [0.25, 0.3) is 11.7 Å². The molecular formula is C28H35NO6. The molecule has 0 aromatic heterocycles. The molecule has 1 aliphatic heterocycles. The van der Waals surface area contributed by atoms with E-state index < -0.39 is 17.7 Å². The van der Waals surface area contributed by atoms with Crippen molar-refractivity contribution in [1.29, 1.82) is 0 Å². The van der Waals surface area contributed by atoms with E-state index in [4.69, 9.17) is 14.2 Å². The summed E-state index contributed by atoms with van der Waals surface area (Å²) in [4.78, 5) is 27.4. The average Bonchev–Trinajstić information content (AvgIpc) is 3.10. The predicted molar refractivity (Wildman–Crippen MR) is 135 cm³/mol. The molecular weight excluding hydrogens is 446 g/mol. The van der Waals surface area contributed by atoms with Gasteiger partial charge in [-0.1, -0.05) is 31.9 Å². The molecule has 7 heteroatoms. The quantitative estimate of drug-likeness (QED) is 0.196. The van der Waals surface area contributed by atoms with Crippen LogP contribution in [0.5, 0.6) is 11.5 Å². The van der Waals surface area contributed by atoms with E-state index >= 15 is 0 Å². The number of rotatable bonds is 12. The molecule has 1 unspecified atom stereocenters. The first kappa shape index (κ1) is 26.3. The summed E-state index contributed by atoms with van der Waals surface area (Å²) in [6.07, 6.45) is 3.22. The van der Waals surface area contributed by atoms with Gasteiger partial charge in [0, 0.05) is 19.2 Å². The van der Waals surface area contributed by atoms with E-state index in [0.717, 1.165) is 19.3 Å². The van der Waals surface area contributed by atoms with Gasteiger partial charge >= 0.3 is 0 Å². The topological polar surface area (TPSA) is 85.3 Å². The molecule has 1 amide bonds. The van der Waals surface area contributed by atoms with Crippen LogP contribution in [0.3, 0.4) is 0 Å². The zero-order valence-corrected chi connectivity index (χ0v) is 21.0. The van der Waals surface area contributed by atoms with Crippen molar-refractivity contribution in [2.45, 2.75) is 52.2 Å². The molecule has 1 N–H and O–H groups in total. The number of carbonyl (C=O) groups is 2. The third-order valence-corrected chi connectivity index (χ3v) is 5.79. The van der Waals surface area contributed by atoms with E-state index in [1.165, 1.54) is 12.0 Å². The highest BCUT2D eigenvalue weighted by Crippen LogP contribution is 2.39. The van der Waals surface area contributed by atoms with Gasteiger partial charge in [-0.15, -0.1) is 0 Å². The molecule has 7 nitrogen and oxygen atoms in total. The number of ether oxygens (including phenoxy) is 3. The van der Waals surface area contributed by atoms with Crippen molar-refractivity contribution in [2.24, 2.45) is 0 Å². The van der Waals surface area contributed by atoms with E-state index in [-0.39, 0.29) is 30.6 Å². The maximum atomic E-state index is 13.1. The first-order valence-electron chi connectivity index (χ1n) is 12.1. The lowest BCUT2D eigenvalue weighted by Crippen LogP contribution is -2.32. The van der Waals surface area contributed by atoms with Crippen LogP contribution in [0.15, 0.2) is 54.1 Å². The fourth-order valence-electron chi connectivity index (χ4n) is 4.05. The molecule has 0 bridgehead atoms. The summed E-state index contributed by atoms with van der Waals surface area (Å²) in [7, 11) is 1.54. The molecule has 0 saturated carbocycles. The molecule has 1 saturated heterocycles. The Bertz CT molecular complexity index is 1030. The Morgan fingerprint density at radius 2 is 1.63 bits per heavy atom. The van der Waals surface area contributed by atoms with Gasteiger partial charge in [-0.25, -0.2) is 0 Å². The van der Waals surface area contributed by atoms with Gasteiger partial charge in [-0.05, 0) is 62.2 Å². The third-order valence-electron chi connectivity index (χ3n) is 5.79. The van der Waals surface area contributed by atoms with Crippen LogP contribution in [0.4, 0.5) is 0 Å². The molecule has 0 aliphatic carbocycles. The fourth-order valence-corrected chi connectivity index (χ4v) is 4.05. The highest BCUT2D eigenvalue weighted by molar-refractivity contribution is 6.46. The van der Waals surface area contributed by atoms with Crippen molar-refractivity contribution >= 4 is 17.4 Å². The summed E-state index contributed by atoms with van der Waals surface area (Å²) in [5.74, 6) is -0.214. The number of methoxy groups -OCH3 is 1. The summed E-state index contributed by atoms with van der Waals surface area (Å²) in [5.41, 5.74) is 1.20. The van der Waals surface area contributed by atoms with Crippen LogP contribution in [-0.4, -0.2) is 54.7 Å². The maximum absolute atomic E-state index is 13.1. The summed E-state index contributed by atoms with van der Waals surface area (Å²) in [5, 5.41) is 11.2. The van der Waals surface area contributed by atoms with Gasteiger partial charge < -0.3 is 24.2 Å². The van der Waals surface area contributed by atoms with Crippen LogP contribution in [0.1, 0.15) is 57.2 Å². The number of Topliss-reactive ketones (excluding diaryl/α,β-unsaturated/α-hetero) is 1. The third kappa shape index (κ3) is 6.42. The molecule has 2 aromatic rings. The number of amides is 1.